The van der Waals surface area contributed by atoms with Crippen molar-refractivity contribution in [2.24, 2.45) is 0 Å². The van der Waals surface area contributed by atoms with Gasteiger partial charge in [0.1, 0.15) is 5.75 Å². The predicted octanol–water partition coefficient (Wildman–Crippen LogP) is 5.66. The van der Waals surface area contributed by atoms with E-state index in [9.17, 15) is 0 Å². The van der Waals surface area contributed by atoms with E-state index >= 15 is 0 Å². The van der Waals surface area contributed by atoms with Gasteiger partial charge < -0.3 is 4.74 Å². The molecule has 0 radical (unpaired) electrons. The van der Waals surface area contributed by atoms with E-state index in [4.69, 9.17) is 4.74 Å². The van der Waals surface area contributed by atoms with E-state index < -0.39 is 0 Å². The predicted molar refractivity (Wildman–Crippen MR) is 109 cm³/mol. The van der Waals surface area contributed by atoms with Crippen LogP contribution in [0.5, 0.6) is 5.75 Å². The Labute approximate surface area is 166 Å². The molecular weight excluding hydrogens is 410 g/mol. The van der Waals surface area contributed by atoms with Gasteiger partial charge in [0.2, 0.25) is 0 Å². The summed E-state index contributed by atoms with van der Waals surface area (Å²) in [5.74, 6) is 2.44. The third-order valence-corrected chi connectivity index (χ3v) is 5.32. The highest BCUT2D eigenvalue weighted by Crippen LogP contribution is 2.27. The summed E-state index contributed by atoms with van der Waals surface area (Å²) >= 11 is 5.12. The molecule has 4 nitrogen and oxygen atoms in total. The van der Waals surface area contributed by atoms with E-state index in [1.165, 1.54) is 5.56 Å². The Morgan fingerprint density at radius 1 is 1.15 bits per heavy atom. The van der Waals surface area contributed by atoms with Crippen LogP contribution in [0.1, 0.15) is 24.4 Å². The molecule has 6 heteroatoms. The third kappa shape index (κ3) is 4.77. The van der Waals surface area contributed by atoms with Crippen LogP contribution in [0, 0.1) is 0 Å². The number of benzene rings is 2. The third-order valence-electron chi connectivity index (χ3n) is 3.76. The molecule has 2 aromatic carbocycles. The van der Waals surface area contributed by atoms with Gasteiger partial charge in [-0.15, -0.1) is 16.8 Å². The summed E-state index contributed by atoms with van der Waals surface area (Å²) in [4.78, 5) is 0. The van der Waals surface area contributed by atoms with Gasteiger partial charge in [0.05, 0.1) is 0 Å². The van der Waals surface area contributed by atoms with E-state index in [2.05, 4.69) is 49.4 Å². The fraction of sp³-hybridized carbons (Fsp3) is 0.200. The lowest BCUT2D eigenvalue weighted by atomic mass is 10.2. The number of aromatic nitrogens is 3. The Bertz CT molecular complexity index is 849. The highest BCUT2D eigenvalue weighted by Gasteiger charge is 2.19. The highest BCUT2D eigenvalue weighted by atomic mass is 79.9. The van der Waals surface area contributed by atoms with Gasteiger partial charge in [-0.25, -0.2) is 0 Å². The van der Waals surface area contributed by atoms with Gasteiger partial charge in [0, 0.05) is 16.8 Å². The standard InChI is InChI=1S/C20H20BrN3OS/c1-3-13-24-19(15(2)25-18-7-5-4-6-8-18)22-23-20(24)26-14-16-9-11-17(21)12-10-16/h3-12,15H,1,13-14H2,2H3/t15-/m1/s1. The van der Waals surface area contributed by atoms with Crippen LogP contribution in [-0.2, 0) is 12.3 Å². The number of nitrogens with zero attached hydrogens (tertiary/aromatic N) is 3. The van der Waals surface area contributed by atoms with Crippen LogP contribution < -0.4 is 4.74 Å². The monoisotopic (exact) mass is 429 g/mol. The average Bonchev–Trinajstić information content (AvgIpc) is 3.05. The Morgan fingerprint density at radius 3 is 2.58 bits per heavy atom. The molecule has 3 aromatic rings. The SMILES string of the molecule is C=CCn1c(SCc2ccc(Br)cc2)nnc1[C@@H](C)Oc1ccccc1. The maximum Gasteiger partial charge on any atom is 0.191 e. The first-order valence-electron chi connectivity index (χ1n) is 8.30. The lowest BCUT2D eigenvalue weighted by molar-refractivity contribution is 0.210. The van der Waals surface area contributed by atoms with Crippen molar-refractivity contribution >= 4 is 27.7 Å². The number of hydrogen-bond donors (Lipinski definition) is 0. The molecule has 0 aliphatic heterocycles. The Morgan fingerprint density at radius 2 is 1.88 bits per heavy atom. The Kier molecular flexibility index (Phi) is 6.52. The molecule has 0 fully saturated rings. The molecule has 3 rings (SSSR count). The minimum absolute atomic E-state index is 0.202. The highest BCUT2D eigenvalue weighted by molar-refractivity contribution is 9.10. The number of halogens is 1. The fourth-order valence-corrected chi connectivity index (χ4v) is 3.67. The maximum atomic E-state index is 6.00. The molecule has 26 heavy (non-hydrogen) atoms. The van der Waals surface area contributed by atoms with Crippen molar-refractivity contribution in [3.05, 3.63) is 83.1 Å². The maximum absolute atomic E-state index is 6.00. The molecule has 0 saturated heterocycles. The lowest BCUT2D eigenvalue weighted by Gasteiger charge is -2.15. The number of ether oxygens (including phenoxy) is 1. The van der Waals surface area contributed by atoms with E-state index in [1.54, 1.807) is 11.8 Å². The minimum atomic E-state index is -0.202. The largest absolute Gasteiger partial charge is 0.483 e. The van der Waals surface area contributed by atoms with Crippen LogP contribution in [0.2, 0.25) is 0 Å². The van der Waals surface area contributed by atoms with Crippen LogP contribution in [-0.4, -0.2) is 14.8 Å². The zero-order valence-corrected chi connectivity index (χ0v) is 16.9. The van der Waals surface area contributed by atoms with Gasteiger partial charge in [-0.2, -0.15) is 0 Å². The van der Waals surface area contributed by atoms with Gasteiger partial charge >= 0.3 is 0 Å². The smallest absolute Gasteiger partial charge is 0.191 e. The zero-order chi connectivity index (χ0) is 18.4. The summed E-state index contributed by atoms with van der Waals surface area (Å²) in [6.07, 6.45) is 1.65. The Balaban J connectivity index is 1.74. The molecule has 0 amide bonds. The van der Waals surface area contributed by atoms with Crippen molar-refractivity contribution in [2.75, 3.05) is 0 Å². The van der Waals surface area contributed by atoms with Gasteiger partial charge in [-0.05, 0) is 36.8 Å². The molecule has 1 aromatic heterocycles. The van der Waals surface area contributed by atoms with Crippen LogP contribution in [0.3, 0.4) is 0 Å². The molecule has 134 valence electrons. The van der Waals surface area contributed by atoms with Gasteiger partial charge in [-0.3, -0.25) is 4.57 Å². The van der Waals surface area contributed by atoms with E-state index in [0.717, 1.165) is 27.0 Å². The molecule has 0 bridgehead atoms. The van der Waals surface area contributed by atoms with Crippen molar-refractivity contribution < 1.29 is 4.74 Å². The van der Waals surface area contributed by atoms with Crippen LogP contribution in [0.15, 0.2) is 76.9 Å². The minimum Gasteiger partial charge on any atom is -0.483 e. The Hall–Kier alpha value is -2.05. The summed E-state index contributed by atoms with van der Waals surface area (Å²) in [7, 11) is 0. The number of allylic oxidation sites excluding steroid dienone is 1. The average molecular weight is 430 g/mol. The van der Waals surface area contributed by atoms with Crippen molar-refractivity contribution in [3.63, 3.8) is 0 Å². The first-order valence-corrected chi connectivity index (χ1v) is 10.1. The van der Waals surface area contributed by atoms with Crippen LogP contribution in [0.4, 0.5) is 0 Å². The molecule has 1 atom stereocenters. The normalized spacial score (nSPS) is 11.9. The van der Waals surface area contributed by atoms with Gasteiger partial charge in [-0.1, -0.05) is 64.1 Å². The second-order valence-corrected chi connectivity index (χ2v) is 7.59. The molecule has 0 spiro atoms. The summed E-state index contributed by atoms with van der Waals surface area (Å²) in [5, 5.41) is 9.61. The lowest BCUT2D eigenvalue weighted by Crippen LogP contribution is -2.12. The van der Waals surface area contributed by atoms with Gasteiger partial charge in [0.25, 0.3) is 0 Å². The second-order valence-electron chi connectivity index (χ2n) is 5.73. The number of hydrogen-bond acceptors (Lipinski definition) is 4. The van der Waals surface area contributed by atoms with Crippen molar-refractivity contribution in [2.45, 2.75) is 30.5 Å². The molecular formula is C20H20BrN3OS. The quantitative estimate of drug-likeness (QED) is 0.342. The van der Waals surface area contributed by atoms with E-state index in [0.29, 0.717) is 6.54 Å². The summed E-state index contributed by atoms with van der Waals surface area (Å²) in [6.45, 7) is 6.49. The first-order chi connectivity index (χ1) is 12.7. The van der Waals surface area contributed by atoms with Gasteiger partial charge in [0.15, 0.2) is 17.1 Å². The van der Waals surface area contributed by atoms with Crippen LogP contribution >= 0.6 is 27.7 Å². The molecule has 1 heterocycles. The van der Waals surface area contributed by atoms with E-state index in [1.807, 2.05) is 55.5 Å². The van der Waals surface area contributed by atoms with Crippen molar-refractivity contribution in [1.82, 2.24) is 14.8 Å². The topological polar surface area (TPSA) is 39.9 Å². The number of rotatable bonds is 8. The zero-order valence-electron chi connectivity index (χ0n) is 14.5. The summed E-state index contributed by atoms with van der Waals surface area (Å²) < 4.78 is 9.14. The van der Waals surface area contributed by atoms with Crippen LogP contribution in [0.25, 0.3) is 0 Å². The van der Waals surface area contributed by atoms with E-state index in [-0.39, 0.29) is 6.10 Å². The molecule has 0 aliphatic carbocycles. The van der Waals surface area contributed by atoms with Crippen molar-refractivity contribution in [1.29, 1.82) is 0 Å². The summed E-state index contributed by atoms with van der Waals surface area (Å²) in [5.41, 5.74) is 1.24. The molecule has 0 aliphatic rings. The second kappa shape index (κ2) is 9.05. The van der Waals surface area contributed by atoms with Crippen molar-refractivity contribution in [3.8, 4) is 5.75 Å². The summed E-state index contributed by atoms with van der Waals surface area (Å²) in [6, 6.07) is 18.1. The number of para-hydroxylation sites is 1. The molecule has 0 saturated carbocycles. The number of thioether (sulfide) groups is 1. The molecule has 0 N–H and O–H groups in total. The first kappa shape index (κ1) is 18.7. The fourth-order valence-electron chi connectivity index (χ4n) is 2.49. The molecule has 0 unspecified atom stereocenters.